The summed E-state index contributed by atoms with van der Waals surface area (Å²) in [7, 11) is 0. The molecule has 0 radical (unpaired) electrons. The quantitative estimate of drug-likeness (QED) is 0.628. The van der Waals surface area contributed by atoms with Crippen molar-refractivity contribution in [3.05, 3.63) is 34.9 Å². The Morgan fingerprint density at radius 1 is 1.44 bits per heavy atom. The van der Waals surface area contributed by atoms with E-state index in [0.717, 1.165) is 5.56 Å². The Balaban J connectivity index is 2.50. The van der Waals surface area contributed by atoms with E-state index >= 15 is 0 Å². The first kappa shape index (κ1) is 14.5. The van der Waals surface area contributed by atoms with Crippen molar-refractivity contribution >= 4 is 17.6 Å². The SMILES string of the molecule is C#CC(OCC(=O)OCCO)c1ccc(Cl)cc1. The lowest BCUT2D eigenvalue weighted by Crippen LogP contribution is -2.16. The average molecular weight is 269 g/mol. The van der Waals surface area contributed by atoms with Gasteiger partial charge in [0.25, 0.3) is 0 Å². The molecule has 1 aromatic carbocycles. The number of carbonyl (C=O) groups excluding carboxylic acids is 1. The lowest BCUT2D eigenvalue weighted by Gasteiger charge is -2.12. The van der Waals surface area contributed by atoms with Gasteiger partial charge in [-0.3, -0.25) is 0 Å². The number of carbonyl (C=O) groups is 1. The maximum Gasteiger partial charge on any atom is 0.332 e. The molecule has 96 valence electrons. The zero-order valence-electron chi connectivity index (χ0n) is 9.64. The van der Waals surface area contributed by atoms with Crippen molar-refractivity contribution in [1.29, 1.82) is 0 Å². The van der Waals surface area contributed by atoms with E-state index in [1.165, 1.54) is 0 Å². The second-order valence-corrected chi connectivity index (χ2v) is 3.79. The van der Waals surface area contributed by atoms with Gasteiger partial charge in [0, 0.05) is 5.02 Å². The van der Waals surface area contributed by atoms with Gasteiger partial charge in [-0.05, 0) is 17.7 Å². The molecule has 0 fully saturated rings. The molecular weight excluding hydrogens is 256 g/mol. The van der Waals surface area contributed by atoms with Gasteiger partial charge in [-0.15, -0.1) is 6.42 Å². The third kappa shape index (κ3) is 4.76. The largest absolute Gasteiger partial charge is 0.462 e. The van der Waals surface area contributed by atoms with Gasteiger partial charge in [0.15, 0.2) is 0 Å². The lowest BCUT2D eigenvalue weighted by molar-refractivity contribution is -0.151. The number of rotatable bonds is 6. The van der Waals surface area contributed by atoms with Crippen molar-refractivity contribution in [1.82, 2.24) is 0 Å². The van der Waals surface area contributed by atoms with Crippen LogP contribution in [0.1, 0.15) is 11.7 Å². The number of benzene rings is 1. The minimum atomic E-state index is -0.635. The van der Waals surface area contributed by atoms with Crippen LogP contribution in [0.3, 0.4) is 0 Å². The summed E-state index contributed by atoms with van der Waals surface area (Å²) in [5.74, 6) is 1.86. The molecule has 0 bridgehead atoms. The van der Waals surface area contributed by atoms with E-state index in [4.69, 9.17) is 27.9 Å². The summed E-state index contributed by atoms with van der Waals surface area (Å²) >= 11 is 5.75. The first-order valence-electron chi connectivity index (χ1n) is 5.27. The Hall–Kier alpha value is -1.54. The van der Waals surface area contributed by atoms with E-state index in [0.29, 0.717) is 5.02 Å². The van der Waals surface area contributed by atoms with Gasteiger partial charge in [-0.1, -0.05) is 29.7 Å². The monoisotopic (exact) mass is 268 g/mol. The topological polar surface area (TPSA) is 55.8 Å². The number of esters is 1. The number of hydrogen-bond donors (Lipinski definition) is 1. The fourth-order valence-electron chi connectivity index (χ4n) is 1.23. The maximum atomic E-state index is 11.2. The van der Waals surface area contributed by atoms with Crippen molar-refractivity contribution in [3.63, 3.8) is 0 Å². The van der Waals surface area contributed by atoms with Gasteiger partial charge in [0.2, 0.25) is 0 Å². The van der Waals surface area contributed by atoms with Crippen molar-refractivity contribution in [2.24, 2.45) is 0 Å². The Morgan fingerprint density at radius 3 is 2.67 bits per heavy atom. The van der Waals surface area contributed by atoms with Crippen LogP contribution < -0.4 is 0 Å². The molecule has 5 heteroatoms. The molecule has 18 heavy (non-hydrogen) atoms. The summed E-state index contributed by atoms with van der Waals surface area (Å²) in [6.07, 6.45) is 4.69. The Bertz CT molecular complexity index is 422. The van der Waals surface area contributed by atoms with Crippen LogP contribution in [0.2, 0.25) is 5.02 Å². The van der Waals surface area contributed by atoms with Crippen LogP contribution >= 0.6 is 11.6 Å². The maximum absolute atomic E-state index is 11.2. The summed E-state index contributed by atoms with van der Waals surface area (Å²) in [6.45, 7) is -0.539. The van der Waals surface area contributed by atoms with Crippen LogP contribution in [-0.2, 0) is 14.3 Å². The zero-order valence-corrected chi connectivity index (χ0v) is 10.4. The standard InChI is InChI=1S/C13H13ClO4/c1-2-12(10-3-5-11(14)6-4-10)18-9-13(16)17-8-7-15/h1,3-6,12,15H,7-9H2. The molecule has 1 aromatic rings. The average Bonchev–Trinajstić information content (AvgIpc) is 2.39. The summed E-state index contributed by atoms with van der Waals surface area (Å²) in [4.78, 5) is 11.2. The van der Waals surface area contributed by atoms with Crippen LogP contribution in [0.25, 0.3) is 0 Å². The first-order valence-corrected chi connectivity index (χ1v) is 5.65. The van der Waals surface area contributed by atoms with Crippen molar-refractivity contribution in [3.8, 4) is 12.3 Å². The van der Waals surface area contributed by atoms with Crippen LogP contribution in [0.15, 0.2) is 24.3 Å². The predicted molar refractivity (Wildman–Crippen MR) is 67.0 cm³/mol. The third-order valence-electron chi connectivity index (χ3n) is 2.05. The molecule has 0 aromatic heterocycles. The number of aliphatic hydroxyl groups excluding tert-OH is 1. The van der Waals surface area contributed by atoms with E-state index in [9.17, 15) is 4.79 Å². The van der Waals surface area contributed by atoms with E-state index in [1.807, 2.05) is 0 Å². The van der Waals surface area contributed by atoms with E-state index in [1.54, 1.807) is 24.3 Å². The smallest absolute Gasteiger partial charge is 0.332 e. The molecule has 4 nitrogen and oxygen atoms in total. The molecule has 1 rings (SSSR count). The molecule has 0 aliphatic heterocycles. The van der Waals surface area contributed by atoms with Crippen molar-refractivity contribution in [2.75, 3.05) is 19.8 Å². The van der Waals surface area contributed by atoms with Gasteiger partial charge in [-0.2, -0.15) is 0 Å². The van der Waals surface area contributed by atoms with E-state index < -0.39 is 12.1 Å². The van der Waals surface area contributed by atoms with Gasteiger partial charge < -0.3 is 14.6 Å². The molecule has 1 N–H and O–H groups in total. The summed E-state index contributed by atoms with van der Waals surface area (Å²) in [6, 6.07) is 6.83. The zero-order chi connectivity index (χ0) is 13.4. The van der Waals surface area contributed by atoms with Gasteiger partial charge in [0.05, 0.1) is 6.61 Å². The molecule has 0 aliphatic carbocycles. The number of hydrogen-bond acceptors (Lipinski definition) is 4. The number of terminal acetylenes is 1. The van der Waals surface area contributed by atoms with Crippen LogP contribution in [0.4, 0.5) is 0 Å². The third-order valence-corrected chi connectivity index (χ3v) is 2.30. The molecule has 1 atom stereocenters. The fourth-order valence-corrected chi connectivity index (χ4v) is 1.36. The van der Waals surface area contributed by atoms with Crippen molar-refractivity contribution in [2.45, 2.75) is 6.10 Å². The highest BCUT2D eigenvalue weighted by Gasteiger charge is 2.11. The molecule has 0 aliphatic rings. The number of halogens is 1. The van der Waals surface area contributed by atoms with Gasteiger partial charge >= 0.3 is 5.97 Å². The van der Waals surface area contributed by atoms with Gasteiger partial charge in [-0.25, -0.2) is 4.79 Å². The Morgan fingerprint density at radius 2 is 2.11 bits per heavy atom. The molecule has 0 spiro atoms. The molecular formula is C13H13ClO4. The summed E-state index contributed by atoms with van der Waals surface area (Å²) < 4.78 is 9.88. The number of ether oxygens (including phenoxy) is 2. The van der Waals surface area contributed by atoms with Gasteiger partial charge in [0.1, 0.15) is 19.3 Å². The summed E-state index contributed by atoms with van der Waals surface area (Å²) in [5, 5.41) is 9.07. The molecule has 0 saturated carbocycles. The summed E-state index contributed by atoms with van der Waals surface area (Å²) in [5.41, 5.74) is 0.733. The highest BCUT2D eigenvalue weighted by Crippen LogP contribution is 2.19. The molecule has 1 unspecified atom stereocenters. The molecule has 0 saturated heterocycles. The Kier molecular flexibility index (Phi) is 6.23. The van der Waals surface area contributed by atoms with Crippen LogP contribution in [0, 0.1) is 12.3 Å². The van der Waals surface area contributed by atoms with E-state index in [-0.39, 0.29) is 19.8 Å². The van der Waals surface area contributed by atoms with E-state index in [2.05, 4.69) is 10.7 Å². The van der Waals surface area contributed by atoms with Crippen LogP contribution in [0.5, 0.6) is 0 Å². The minimum Gasteiger partial charge on any atom is -0.462 e. The van der Waals surface area contributed by atoms with Crippen molar-refractivity contribution < 1.29 is 19.4 Å². The highest BCUT2D eigenvalue weighted by atomic mass is 35.5. The normalized spacial score (nSPS) is 11.6. The Labute approximate surface area is 110 Å². The molecule has 0 heterocycles. The fraction of sp³-hybridized carbons (Fsp3) is 0.308. The predicted octanol–water partition coefficient (Wildman–Crippen LogP) is 1.57. The second-order valence-electron chi connectivity index (χ2n) is 3.35. The molecule has 0 amide bonds. The van der Waals surface area contributed by atoms with Crippen LogP contribution in [-0.4, -0.2) is 30.9 Å². The first-order chi connectivity index (χ1) is 8.67. The lowest BCUT2D eigenvalue weighted by atomic mass is 10.1. The number of aliphatic hydroxyl groups is 1. The highest BCUT2D eigenvalue weighted by molar-refractivity contribution is 6.30. The minimum absolute atomic E-state index is 0.0517. The second kappa shape index (κ2) is 7.72.